The van der Waals surface area contributed by atoms with Crippen molar-refractivity contribution in [2.75, 3.05) is 19.6 Å². The van der Waals surface area contributed by atoms with E-state index in [0.717, 1.165) is 17.7 Å². The van der Waals surface area contributed by atoms with Crippen LogP contribution in [0.4, 0.5) is 0 Å². The maximum Gasteiger partial charge on any atom is 0.242 e. The minimum atomic E-state index is -0.269. The van der Waals surface area contributed by atoms with E-state index in [0.29, 0.717) is 24.8 Å². The average Bonchev–Trinajstić information content (AvgIpc) is 2.87. The molecule has 2 saturated heterocycles. The third kappa shape index (κ3) is 3.69. The van der Waals surface area contributed by atoms with Crippen LogP contribution in [0.25, 0.3) is 0 Å². The summed E-state index contributed by atoms with van der Waals surface area (Å²) >= 11 is 0. The monoisotopic (exact) mass is 332 g/mol. The second-order valence-corrected chi connectivity index (χ2v) is 6.04. The molecular formula is C16H20N4O4. The normalized spacial score (nSPS) is 21.3. The van der Waals surface area contributed by atoms with E-state index in [1.165, 1.54) is 0 Å². The Morgan fingerprint density at radius 1 is 1.33 bits per heavy atom. The van der Waals surface area contributed by atoms with Gasteiger partial charge < -0.3 is 9.64 Å². The highest BCUT2D eigenvalue weighted by Gasteiger charge is 2.33. The molecule has 0 aliphatic carbocycles. The zero-order valence-corrected chi connectivity index (χ0v) is 13.6. The highest BCUT2D eigenvalue weighted by molar-refractivity contribution is 6.04. The molecule has 3 amide bonds. The molecule has 2 fully saturated rings. The first-order valence-corrected chi connectivity index (χ1v) is 8.10. The molecule has 8 heteroatoms. The van der Waals surface area contributed by atoms with Crippen LogP contribution >= 0.6 is 0 Å². The predicted octanol–water partition coefficient (Wildman–Crippen LogP) is 0.304. The van der Waals surface area contributed by atoms with Crippen LogP contribution in [0.5, 0.6) is 5.88 Å². The van der Waals surface area contributed by atoms with Crippen LogP contribution in [-0.2, 0) is 14.4 Å². The maximum atomic E-state index is 12.4. The Balaban J connectivity index is 1.57. The SMILES string of the molecule is Cc1nccc(OC2CCCN(C(=O)CN3C(=O)CCC3=O)C2)n1. The van der Waals surface area contributed by atoms with E-state index in [1.807, 2.05) is 0 Å². The van der Waals surface area contributed by atoms with Gasteiger partial charge in [0, 0.05) is 31.6 Å². The molecule has 3 heterocycles. The summed E-state index contributed by atoms with van der Waals surface area (Å²) in [5.41, 5.74) is 0. The van der Waals surface area contributed by atoms with E-state index in [-0.39, 0.29) is 43.2 Å². The molecule has 128 valence electrons. The van der Waals surface area contributed by atoms with Crippen molar-refractivity contribution in [2.24, 2.45) is 0 Å². The number of piperidine rings is 1. The van der Waals surface area contributed by atoms with Crippen molar-refractivity contribution in [2.45, 2.75) is 38.7 Å². The molecule has 1 aromatic heterocycles. The van der Waals surface area contributed by atoms with Gasteiger partial charge in [-0.15, -0.1) is 0 Å². The third-order valence-electron chi connectivity index (χ3n) is 4.22. The average molecular weight is 332 g/mol. The van der Waals surface area contributed by atoms with Crippen molar-refractivity contribution >= 4 is 17.7 Å². The lowest BCUT2D eigenvalue weighted by atomic mass is 10.1. The Bertz CT molecular complexity index is 647. The maximum absolute atomic E-state index is 12.4. The number of carbonyl (C=O) groups is 3. The molecule has 1 unspecified atom stereocenters. The Morgan fingerprint density at radius 2 is 2.08 bits per heavy atom. The molecule has 3 rings (SSSR count). The van der Waals surface area contributed by atoms with E-state index in [1.54, 1.807) is 24.1 Å². The van der Waals surface area contributed by atoms with Crippen molar-refractivity contribution in [3.63, 3.8) is 0 Å². The van der Waals surface area contributed by atoms with Crippen LogP contribution < -0.4 is 4.74 Å². The van der Waals surface area contributed by atoms with Crippen molar-refractivity contribution in [1.82, 2.24) is 19.8 Å². The van der Waals surface area contributed by atoms with Crippen molar-refractivity contribution in [3.05, 3.63) is 18.1 Å². The van der Waals surface area contributed by atoms with Crippen LogP contribution in [0.1, 0.15) is 31.5 Å². The van der Waals surface area contributed by atoms with Crippen molar-refractivity contribution < 1.29 is 19.1 Å². The summed E-state index contributed by atoms with van der Waals surface area (Å²) in [5.74, 6) is 0.365. The van der Waals surface area contributed by atoms with E-state index < -0.39 is 0 Å². The number of hydrogen-bond acceptors (Lipinski definition) is 6. The largest absolute Gasteiger partial charge is 0.472 e. The summed E-state index contributed by atoms with van der Waals surface area (Å²) < 4.78 is 5.84. The first kappa shape index (κ1) is 16.4. The van der Waals surface area contributed by atoms with Crippen molar-refractivity contribution in [1.29, 1.82) is 0 Å². The van der Waals surface area contributed by atoms with Gasteiger partial charge in [-0.3, -0.25) is 19.3 Å². The van der Waals surface area contributed by atoms with Crippen LogP contribution in [0.3, 0.4) is 0 Å². The lowest BCUT2D eigenvalue weighted by Gasteiger charge is -2.33. The number of aromatic nitrogens is 2. The van der Waals surface area contributed by atoms with Gasteiger partial charge in [0.15, 0.2) is 0 Å². The molecule has 0 bridgehead atoms. The molecule has 1 atom stereocenters. The number of imide groups is 1. The number of nitrogens with zero attached hydrogens (tertiary/aromatic N) is 4. The number of carbonyl (C=O) groups excluding carboxylic acids is 3. The second-order valence-electron chi connectivity index (χ2n) is 6.04. The van der Waals surface area contributed by atoms with Gasteiger partial charge >= 0.3 is 0 Å². The molecular weight excluding hydrogens is 312 g/mol. The van der Waals surface area contributed by atoms with Gasteiger partial charge in [-0.25, -0.2) is 4.98 Å². The smallest absolute Gasteiger partial charge is 0.242 e. The van der Waals surface area contributed by atoms with Crippen LogP contribution in [0.2, 0.25) is 0 Å². The standard InChI is InChI=1S/C16H20N4O4/c1-11-17-7-6-13(18-11)24-12-3-2-8-19(9-12)16(23)10-20-14(21)4-5-15(20)22/h6-7,12H,2-5,8-10H2,1H3. The summed E-state index contributed by atoms with van der Waals surface area (Å²) in [4.78, 5) is 46.6. The van der Waals surface area contributed by atoms with Crippen LogP contribution in [0.15, 0.2) is 12.3 Å². The highest BCUT2D eigenvalue weighted by atomic mass is 16.5. The molecule has 24 heavy (non-hydrogen) atoms. The summed E-state index contributed by atoms with van der Waals surface area (Å²) in [6.07, 6.45) is 3.52. The summed E-state index contributed by atoms with van der Waals surface area (Å²) in [5, 5.41) is 0. The molecule has 2 aliphatic heterocycles. The summed E-state index contributed by atoms with van der Waals surface area (Å²) in [6, 6.07) is 1.69. The van der Waals surface area contributed by atoms with E-state index in [9.17, 15) is 14.4 Å². The fourth-order valence-corrected chi connectivity index (χ4v) is 2.97. The molecule has 0 N–H and O–H groups in total. The summed E-state index contributed by atoms with van der Waals surface area (Å²) in [7, 11) is 0. The number of ether oxygens (including phenoxy) is 1. The van der Waals surface area contributed by atoms with Gasteiger partial charge in [0.25, 0.3) is 0 Å². The minimum Gasteiger partial charge on any atom is -0.472 e. The summed E-state index contributed by atoms with van der Waals surface area (Å²) in [6.45, 7) is 2.65. The quantitative estimate of drug-likeness (QED) is 0.737. The molecule has 2 aliphatic rings. The second kappa shape index (κ2) is 6.94. The Kier molecular flexibility index (Phi) is 4.73. The fourth-order valence-electron chi connectivity index (χ4n) is 2.97. The number of likely N-dealkylation sites (tertiary alicyclic amines) is 2. The van der Waals surface area contributed by atoms with Gasteiger partial charge in [-0.2, -0.15) is 4.98 Å². The van der Waals surface area contributed by atoms with E-state index in [2.05, 4.69) is 9.97 Å². The predicted molar refractivity (Wildman–Crippen MR) is 83.0 cm³/mol. The van der Waals surface area contributed by atoms with Crippen LogP contribution in [-0.4, -0.2) is 63.2 Å². The number of hydrogen-bond donors (Lipinski definition) is 0. The molecule has 0 radical (unpaired) electrons. The number of rotatable bonds is 4. The zero-order chi connectivity index (χ0) is 17.1. The topological polar surface area (TPSA) is 92.7 Å². The van der Waals surface area contributed by atoms with Gasteiger partial charge in [-0.05, 0) is 19.8 Å². The van der Waals surface area contributed by atoms with Gasteiger partial charge in [0.05, 0.1) is 6.54 Å². The zero-order valence-electron chi connectivity index (χ0n) is 13.6. The fraction of sp³-hybridized carbons (Fsp3) is 0.562. The van der Waals surface area contributed by atoms with Gasteiger partial charge in [0.1, 0.15) is 18.5 Å². The number of amides is 3. The van der Waals surface area contributed by atoms with Gasteiger partial charge in [0.2, 0.25) is 23.6 Å². The molecule has 8 nitrogen and oxygen atoms in total. The Labute approximate surface area is 139 Å². The van der Waals surface area contributed by atoms with Crippen molar-refractivity contribution in [3.8, 4) is 5.88 Å². The lowest BCUT2D eigenvalue weighted by molar-refractivity contribution is -0.146. The van der Waals surface area contributed by atoms with Crippen LogP contribution in [0, 0.1) is 6.92 Å². The molecule has 0 spiro atoms. The highest BCUT2D eigenvalue weighted by Crippen LogP contribution is 2.18. The van der Waals surface area contributed by atoms with E-state index in [4.69, 9.17) is 4.74 Å². The third-order valence-corrected chi connectivity index (χ3v) is 4.22. The minimum absolute atomic E-state index is 0.151. The Hall–Kier alpha value is -2.51. The molecule has 0 saturated carbocycles. The Morgan fingerprint density at radius 3 is 2.79 bits per heavy atom. The van der Waals surface area contributed by atoms with Gasteiger partial charge in [-0.1, -0.05) is 0 Å². The first-order valence-electron chi connectivity index (χ1n) is 8.10. The lowest BCUT2D eigenvalue weighted by Crippen LogP contribution is -2.48. The molecule has 0 aromatic carbocycles. The number of aryl methyl sites for hydroxylation is 1. The molecule has 1 aromatic rings. The van der Waals surface area contributed by atoms with E-state index >= 15 is 0 Å². The first-order chi connectivity index (χ1) is 11.5.